The van der Waals surface area contributed by atoms with Crippen molar-refractivity contribution in [3.63, 3.8) is 0 Å². The van der Waals surface area contributed by atoms with Crippen LogP contribution in [0.15, 0.2) is 17.4 Å². The molecule has 0 aliphatic heterocycles. The Bertz CT molecular complexity index is 299. The zero-order valence-corrected chi connectivity index (χ0v) is 5.17. The van der Waals surface area contributed by atoms with Gasteiger partial charge in [-0.2, -0.15) is 0 Å². The van der Waals surface area contributed by atoms with Gasteiger partial charge < -0.3 is 10.1 Å². The van der Waals surface area contributed by atoms with Crippen LogP contribution in [0.5, 0.6) is 0 Å². The number of rotatable bonds is 2. The average molecular weight is 154 g/mol. The molecule has 7 nitrogen and oxygen atoms in total. The van der Waals surface area contributed by atoms with Crippen molar-refractivity contribution in [3.05, 3.63) is 27.3 Å². The highest BCUT2D eigenvalue weighted by Gasteiger charge is 2.09. The molecule has 0 atom stereocenters. The van der Waals surface area contributed by atoms with Gasteiger partial charge in [0.05, 0.1) is 0 Å². The van der Waals surface area contributed by atoms with Crippen molar-refractivity contribution < 1.29 is 4.92 Å². The topological polar surface area (TPSA) is 98.3 Å². The molecule has 0 N–H and O–H groups in total. The van der Waals surface area contributed by atoms with Crippen LogP contribution in [0.2, 0.25) is 0 Å². The Hall–Kier alpha value is -1.92. The van der Waals surface area contributed by atoms with Gasteiger partial charge in [-0.15, -0.1) is 4.91 Å². The van der Waals surface area contributed by atoms with Crippen LogP contribution >= 0.6 is 0 Å². The summed E-state index contributed by atoms with van der Waals surface area (Å²) >= 11 is 0. The molecule has 0 unspecified atom stereocenters. The molecular weight excluding hydrogens is 152 g/mol. The van der Waals surface area contributed by atoms with Crippen LogP contribution in [-0.2, 0) is 0 Å². The molecule has 0 aliphatic rings. The van der Waals surface area contributed by atoms with Crippen molar-refractivity contribution in [2.24, 2.45) is 5.18 Å². The first-order valence-electron chi connectivity index (χ1n) is 2.55. The lowest BCUT2D eigenvalue weighted by Gasteiger charge is -1.88. The van der Waals surface area contributed by atoms with E-state index in [9.17, 15) is 15.0 Å². The van der Waals surface area contributed by atoms with Crippen molar-refractivity contribution in [2.45, 2.75) is 0 Å². The van der Waals surface area contributed by atoms with Gasteiger partial charge in [0.25, 0.3) is 5.82 Å². The first-order chi connectivity index (χ1) is 5.24. The Labute approximate surface area is 60.2 Å². The Kier molecular flexibility index (Phi) is 1.81. The van der Waals surface area contributed by atoms with Crippen LogP contribution in [0.1, 0.15) is 0 Å². The number of hydrogen-bond acceptors (Lipinski definition) is 6. The largest absolute Gasteiger partial charge is 0.470 e. The lowest BCUT2D eigenvalue weighted by Crippen LogP contribution is -1.93. The second-order valence-electron chi connectivity index (χ2n) is 1.56. The van der Waals surface area contributed by atoms with Crippen LogP contribution in [0, 0.1) is 15.0 Å². The molecule has 0 saturated carbocycles. The van der Waals surface area contributed by atoms with Crippen LogP contribution in [0.3, 0.4) is 0 Å². The Morgan fingerprint density at radius 1 is 1.64 bits per heavy atom. The van der Waals surface area contributed by atoms with E-state index in [-0.39, 0.29) is 5.82 Å². The van der Waals surface area contributed by atoms with Crippen LogP contribution < -0.4 is 0 Å². The summed E-state index contributed by atoms with van der Waals surface area (Å²) in [7, 11) is 0. The number of hydrogen-bond donors (Lipinski definition) is 0. The van der Waals surface area contributed by atoms with E-state index in [4.69, 9.17) is 0 Å². The van der Waals surface area contributed by atoms with Gasteiger partial charge in [-0.25, -0.2) is 0 Å². The van der Waals surface area contributed by atoms with E-state index in [1.807, 2.05) is 0 Å². The van der Waals surface area contributed by atoms with E-state index in [1.165, 1.54) is 6.07 Å². The summed E-state index contributed by atoms with van der Waals surface area (Å²) in [6, 6.07) is 1.18. The van der Waals surface area contributed by atoms with Crippen molar-refractivity contribution in [1.82, 2.24) is 9.97 Å². The van der Waals surface area contributed by atoms with E-state index >= 15 is 0 Å². The third kappa shape index (κ3) is 1.51. The smallest absolute Gasteiger partial charge is 0.390 e. The molecule has 1 aromatic heterocycles. The summed E-state index contributed by atoms with van der Waals surface area (Å²) in [6.45, 7) is 0. The molecule has 7 heteroatoms. The quantitative estimate of drug-likeness (QED) is 0.356. The normalized spacial score (nSPS) is 9.09. The van der Waals surface area contributed by atoms with Gasteiger partial charge in [0, 0.05) is 11.2 Å². The summed E-state index contributed by atoms with van der Waals surface area (Å²) in [5.74, 6) is -0.867. The maximum Gasteiger partial charge on any atom is 0.470 e. The highest BCUT2D eigenvalue weighted by Crippen LogP contribution is 2.09. The van der Waals surface area contributed by atoms with Crippen molar-refractivity contribution in [3.8, 4) is 0 Å². The molecule has 1 rings (SSSR count). The highest BCUT2D eigenvalue weighted by atomic mass is 16.6. The van der Waals surface area contributed by atoms with Gasteiger partial charge in [0.1, 0.15) is 6.20 Å². The summed E-state index contributed by atoms with van der Waals surface area (Å²) < 4.78 is 0. The number of nitrogens with zero attached hydrogens (tertiary/aromatic N) is 4. The predicted molar refractivity (Wildman–Crippen MR) is 34.1 cm³/mol. The first kappa shape index (κ1) is 7.19. The van der Waals surface area contributed by atoms with Gasteiger partial charge in [-0.3, -0.25) is 0 Å². The number of nitroso groups, excluding NO2 is 1. The molecule has 1 heterocycles. The minimum absolute atomic E-state index is 0.244. The molecule has 56 valence electrons. The van der Waals surface area contributed by atoms with E-state index in [0.29, 0.717) is 0 Å². The monoisotopic (exact) mass is 154 g/mol. The van der Waals surface area contributed by atoms with E-state index in [1.54, 1.807) is 0 Å². The second kappa shape index (κ2) is 2.78. The second-order valence-corrected chi connectivity index (χ2v) is 1.56. The molecule has 0 saturated heterocycles. The summed E-state index contributed by atoms with van der Waals surface area (Å²) in [4.78, 5) is 25.5. The summed E-state index contributed by atoms with van der Waals surface area (Å²) in [5, 5.41) is 12.4. The molecule has 0 radical (unpaired) electrons. The Balaban J connectivity index is 3.10. The number of aromatic nitrogens is 2. The molecule has 0 spiro atoms. The predicted octanol–water partition coefficient (Wildman–Crippen LogP) is 0.783. The maximum absolute atomic E-state index is 10.0. The summed E-state index contributed by atoms with van der Waals surface area (Å²) in [5.41, 5.74) is 0. The fraction of sp³-hybridized carbons (Fsp3) is 0. The molecule has 0 aliphatic carbocycles. The zero-order valence-electron chi connectivity index (χ0n) is 5.17. The molecule has 0 bridgehead atoms. The number of nitro groups is 1. The third-order valence-electron chi connectivity index (χ3n) is 0.885. The van der Waals surface area contributed by atoms with Crippen molar-refractivity contribution in [1.29, 1.82) is 0 Å². The van der Waals surface area contributed by atoms with Crippen molar-refractivity contribution >= 4 is 11.8 Å². The van der Waals surface area contributed by atoms with Gasteiger partial charge >= 0.3 is 5.95 Å². The molecule has 11 heavy (non-hydrogen) atoms. The molecular formula is C4H2N4O3. The molecule has 0 amide bonds. The standard InChI is InChI=1S/C4H2N4O3/c9-7-3-1-2-5-4(6-3)8(10)11/h1-2H. The SMILES string of the molecule is O=Nc1ccnc([N+](=O)[O-])n1. The van der Waals surface area contributed by atoms with Crippen LogP contribution in [0.4, 0.5) is 11.8 Å². The maximum atomic E-state index is 10.0. The van der Waals surface area contributed by atoms with E-state index < -0.39 is 10.9 Å². The molecule has 0 aromatic carbocycles. The molecule has 1 aromatic rings. The zero-order chi connectivity index (χ0) is 8.27. The first-order valence-corrected chi connectivity index (χ1v) is 2.55. The lowest BCUT2D eigenvalue weighted by atomic mass is 10.6. The fourth-order valence-corrected chi connectivity index (χ4v) is 0.478. The minimum atomic E-state index is -0.797. The Morgan fingerprint density at radius 3 is 2.91 bits per heavy atom. The van der Waals surface area contributed by atoms with Gasteiger partial charge in [0.15, 0.2) is 0 Å². The fourth-order valence-electron chi connectivity index (χ4n) is 0.478. The third-order valence-corrected chi connectivity index (χ3v) is 0.885. The van der Waals surface area contributed by atoms with Gasteiger partial charge in [-0.05, 0) is 9.91 Å². The lowest BCUT2D eigenvalue weighted by molar-refractivity contribution is -0.394. The molecule has 0 fully saturated rings. The Morgan fingerprint density at radius 2 is 2.36 bits per heavy atom. The minimum Gasteiger partial charge on any atom is -0.390 e. The average Bonchev–Trinajstić information content (AvgIpc) is 2.05. The van der Waals surface area contributed by atoms with E-state index in [0.717, 1.165) is 6.20 Å². The van der Waals surface area contributed by atoms with Crippen molar-refractivity contribution in [2.75, 3.05) is 0 Å². The van der Waals surface area contributed by atoms with Crippen LogP contribution in [0.25, 0.3) is 0 Å². The van der Waals surface area contributed by atoms with Gasteiger partial charge in [-0.1, -0.05) is 4.98 Å². The van der Waals surface area contributed by atoms with Crippen LogP contribution in [-0.4, -0.2) is 14.9 Å². The summed E-state index contributed by atoms with van der Waals surface area (Å²) in [6.07, 6.45) is 1.10. The highest BCUT2D eigenvalue weighted by molar-refractivity contribution is 5.27. The van der Waals surface area contributed by atoms with Gasteiger partial charge in [0.2, 0.25) is 0 Å². The van der Waals surface area contributed by atoms with E-state index in [2.05, 4.69) is 15.1 Å².